The number of hydrogen-bond donors (Lipinski definition) is 1. The van der Waals surface area contributed by atoms with Crippen molar-refractivity contribution in [1.29, 1.82) is 5.26 Å². The van der Waals surface area contributed by atoms with Crippen molar-refractivity contribution in [2.75, 3.05) is 0 Å². The van der Waals surface area contributed by atoms with Gasteiger partial charge in [-0.3, -0.25) is 0 Å². The lowest BCUT2D eigenvalue weighted by atomic mass is 10.1. The number of benzene rings is 1. The van der Waals surface area contributed by atoms with Crippen LogP contribution in [0.25, 0.3) is 0 Å². The normalized spacial score (nSPS) is 9.50. The van der Waals surface area contributed by atoms with Crippen molar-refractivity contribution in [3.63, 3.8) is 0 Å². The standard InChI is InChI=1S/C8H6ClIN2/c9-7-2-1-5(3-11)6(4-12)8(7)10/h1-2H,4,12H2. The minimum atomic E-state index is 0.349. The first-order valence-electron chi connectivity index (χ1n) is 3.27. The molecule has 4 heteroatoms. The van der Waals surface area contributed by atoms with E-state index in [0.717, 1.165) is 9.13 Å². The van der Waals surface area contributed by atoms with Gasteiger partial charge in [0.05, 0.1) is 16.7 Å². The molecule has 2 nitrogen and oxygen atoms in total. The third-order valence-corrected chi connectivity index (χ3v) is 3.39. The van der Waals surface area contributed by atoms with Crippen molar-refractivity contribution >= 4 is 34.2 Å². The number of nitrogens with two attached hydrogens (primary N) is 1. The van der Waals surface area contributed by atoms with Crippen LogP contribution >= 0.6 is 34.2 Å². The van der Waals surface area contributed by atoms with Crippen LogP contribution in [-0.4, -0.2) is 0 Å². The van der Waals surface area contributed by atoms with Gasteiger partial charge in [0.15, 0.2) is 0 Å². The minimum absolute atomic E-state index is 0.349. The summed E-state index contributed by atoms with van der Waals surface area (Å²) in [5, 5.41) is 9.36. The van der Waals surface area contributed by atoms with E-state index in [1.807, 2.05) is 0 Å². The van der Waals surface area contributed by atoms with Gasteiger partial charge in [-0.25, -0.2) is 0 Å². The molecule has 62 valence electrons. The lowest BCUT2D eigenvalue weighted by Crippen LogP contribution is -2.02. The van der Waals surface area contributed by atoms with Crippen LogP contribution in [0.15, 0.2) is 12.1 Å². The predicted octanol–water partition coefficient (Wildman–Crippen LogP) is 2.27. The Kier molecular flexibility index (Phi) is 3.32. The molecule has 0 amide bonds. The first-order valence-corrected chi connectivity index (χ1v) is 4.73. The van der Waals surface area contributed by atoms with E-state index in [1.165, 1.54) is 0 Å². The molecule has 2 N–H and O–H groups in total. The van der Waals surface area contributed by atoms with Crippen LogP contribution in [0.2, 0.25) is 5.02 Å². The molecule has 0 spiro atoms. The van der Waals surface area contributed by atoms with Gasteiger partial charge in [0.1, 0.15) is 0 Å². The molecular formula is C8H6ClIN2. The maximum atomic E-state index is 8.71. The molecule has 0 saturated heterocycles. The number of nitriles is 1. The molecule has 0 unspecified atom stereocenters. The Labute approximate surface area is 89.5 Å². The average molecular weight is 293 g/mol. The highest BCUT2D eigenvalue weighted by atomic mass is 127. The van der Waals surface area contributed by atoms with E-state index in [-0.39, 0.29) is 0 Å². The molecule has 0 saturated carbocycles. The summed E-state index contributed by atoms with van der Waals surface area (Å²) in [6, 6.07) is 5.47. The molecule has 12 heavy (non-hydrogen) atoms. The molecule has 0 aliphatic rings. The fourth-order valence-corrected chi connectivity index (χ4v) is 1.76. The van der Waals surface area contributed by atoms with Gasteiger partial charge in [0.2, 0.25) is 0 Å². The maximum Gasteiger partial charge on any atom is 0.0995 e. The van der Waals surface area contributed by atoms with E-state index >= 15 is 0 Å². The van der Waals surface area contributed by atoms with Crippen molar-refractivity contribution in [2.45, 2.75) is 6.54 Å². The summed E-state index contributed by atoms with van der Waals surface area (Å²) in [4.78, 5) is 0. The van der Waals surface area contributed by atoms with Crippen LogP contribution in [0.3, 0.4) is 0 Å². The highest BCUT2D eigenvalue weighted by Gasteiger charge is 2.07. The zero-order valence-corrected chi connectivity index (χ0v) is 9.06. The summed E-state index contributed by atoms with van der Waals surface area (Å²) in [7, 11) is 0. The van der Waals surface area contributed by atoms with Gasteiger partial charge in [0.25, 0.3) is 0 Å². The van der Waals surface area contributed by atoms with E-state index in [9.17, 15) is 0 Å². The molecule has 0 heterocycles. The first-order chi connectivity index (χ1) is 5.70. The monoisotopic (exact) mass is 292 g/mol. The third-order valence-electron chi connectivity index (χ3n) is 1.52. The molecule has 0 atom stereocenters. The van der Waals surface area contributed by atoms with Gasteiger partial charge < -0.3 is 5.73 Å². The van der Waals surface area contributed by atoms with E-state index in [1.54, 1.807) is 12.1 Å². The zero-order chi connectivity index (χ0) is 9.14. The summed E-state index contributed by atoms with van der Waals surface area (Å²) in [6.45, 7) is 0.349. The van der Waals surface area contributed by atoms with Crippen LogP contribution in [0.1, 0.15) is 11.1 Å². The number of rotatable bonds is 1. The topological polar surface area (TPSA) is 49.8 Å². The molecule has 0 fully saturated rings. The van der Waals surface area contributed by atoms with Crippen LogP contribution in [0.4, 0.5) is 0 Å². The molecule has 0 aliphatic heterocycles. The molecule has 0 radical (unpaired) electrons. The Hall–Kier alpha value is -0.310. The van der Waals surface area contributed by atoms with Crippen LogP contribution in [-0.2, 0) is 6.54 Å². The highest BCUT2D eigenvalue weighted by molar-refractivity contribution is 14.1. The quantitative estimate of drug-likeness (QED) is 0.807. The molecular weight excluding hydrogens is 286 g/mol. The molecule has 0 aromatic heterocycles. The van der Waals surface area contributed by atoms with Gasteiger partial charge in [-0.2, -0.15) is 5.26 Å². The Balaban J connectivity index is 3.38. The van der Waals surface area contributed by atoms with Crippen molar-refractivity contribution in [1.82, 2.24) is 0 Å². The largest absolute Gasteiger partial charge is 0.326 e. The molecule has 1 rings (SSSR count). The van der Waals surface area contributed by atoms with Crippen molar-refractivity contribution in [3.05, 3.63) is 31.9 Å². The van der Waals surface area contributed by atoms with Gasteiger partial charge >= 0.3 is 0 Å². The van der Waals surface area contributed by atoms with E-state index < -0.39 is 0 Å². The second-order valence-electron chi connectivity index (χ2n) is 2.20. The highest BCUT2D eigenvalue weighted by Crippen LogP contribution is 2.24. The zero-order valence-electron chi connectivity index (χ0n) is 6.14. The summed E-state index contributed by atoms with van der Waals surface area (Å²) in [5.41, 5.74) is 6.91. The predicted molar refractivity (Wildman–Crippen MR) is 56.8 cm³/mol. The third kappa shape index (κ3) is 1.71. The van der Waals surface area contributed by atoms with E-state index in [4.69, 9.17) is 22.6 Å². The lowest BCUT2D eigenvalue weighted by molar-refractivity contribution is 1.05. The van der Waals surface area contributed by atoms with Gasteiger partial charge in [-0.15, -0.1) is 0 Å². The summed E-state index contributed by atoms with van der Waals surface area (Å²) >= 11 is 7.94. The number of halogens is 2. The minimum Gasteiger partial charge on any atom is -0.326 e. The van der Waals surface area contributed by atoms with Crippen LogP contribution in [0, 0.1) is 14.9 Å². The van der Waals surface area contributed by atoms with E-state index in [0.29, 0.717) is 17.1 Å². The van der Waals surface area contributed by atoms with Crippen LogP contribution < -0.4 is 5.73 Å². The molecule has 1 aromatic rings. The molecule has 0 aliphatic carbocycles. The fraction of sp³-hybridized carbons (Fsp3) is 0.125. The van der Waals surface area contributed by atoms with Crippen molar-refractivity contribution in [3.8, 4) is 6.07 Å². The van der Waals surface area contributed by atoms with Crippen molar-refractivity contribution in [2.24, 2.45) is 5.73 Å². The Morgan fingerprint density at radius 3 is 2.75 bits per heavy atom. The van der Waals surface area contributed by atoms with E-state index in [2.05, 4.69) is 28.7 Å². The van der Waals surface area contributed by atoms with Gasteiger partial charge in [-0.05, 0) is 40.3 Å². The molecule has 1 aromatic carbocycles. The lowest BCUT2D eigenvalue weighted by Gasteiger charge is -2.04. The number of hydrogen-bond acceptors (Lipinski definition) is 2. The fourth-order valence-electron chi connectivity index (χ4n) is 0.897. The molecule has 0 bridgehead atoms. The Bertz CT molecular complexity index is 344. The van der Waals surface area contributed by atoms with Gasteiger partial charge in [-0.1, -0.05) is 11.6 Å². The Morgan fingerprint density at radius 2 is 2.25 bits per heavy atom. The van der Waals surface area contributed by atoms with Crippen molar-refractivity contribution < 1.29 is 0 Å². The summed E-state index contributed by atoms with van der Waals surface area (Å²) < 4.78 is 0.871. The first kappa shape index (κ1) is 9.78. The summed E-state index contributed by atoms with van der Waals surface area (Å²) in [6.07, 6.45) is 0. The van der Waals surface area contributed by atoms with Gasteiger partial charge in [0, 0.05) is 10.1 Å². The summed E-state index contributed by atoms with van der Waals surface area (Å²) in [5.74, 6) is 0. The Morgan fingerprint density at radius 1 is 1.58 bits per heavy atom. The second kappa shape index (κ2) is 4.08. The second-order valence-corrected chi connectivity index (χ2v) is 3.69. The smallest absolute Gasteiger partial charge is 0.0995 e. The average Bonchev–Trinajstić information content (AvgIpc) is 2.09. The SMILES string of the molecule is N#Cc1ccc(Cl)c(I)c1CN. The van der Waals surface area contributed by atoms with Crippen LogP contribution in [0.5, 0.6) is 0 Å². The number of nitrogens with zero attached hydrogens (tertiary/aromatic N) is 1. The maximum absolute atomic E-state index is 8.71.